The number of amides is 1. The molecule has 0 saturated carbocycles. The van der Waals surface area contributed by atoms with Gasteiger partial charge in [0.25, 0.3) is 5.91 Å². The van der Waals surface area contributed by atoms with Crippen molar-refractivity contribution >= 4 is 44.6 Å². The number of halogens is 3. The highest BCUT2D eigenvalue weighted by Gasteiger charge is 2.34. The number of piperidine rings is 1. The second kappa shape index (κ2) is 9.18. The molecule has 0 radical (unpaired) electrons. The monoisotopic (exact) mass is 498 g/mol. The molecule has 1 fully saturated rings. The topological polar surface area (TPSA) is 92.3 Å². The normalized spacial score (nSPS) is 17.3. The van der Waals surface area contributed by atoms with Gasteiger partial charge in [0.2, 0.25) is 15.0 Å². The molecule has 2 heterocycles. The number of benzene rings is 2. The maximum Gasteiger partial charge on any atom is 0.286 e. The second-order valence-corrected chi connectivity index (χ2v) is 10.5. The van der Waals surface area contributed by atoms with E-state index < -0.39 is 32.5 Å². The average Bonchev–Trinajstić information content (AvgIpc) is 3.28. The van der Waals surface area contributed by atoms with E-state index in [2.05, 4.69) is 15.5 Å². The molecule has 2 aromatic carbocycles. The predicted octanol–water partition coefficient (Wildman–Crippen LogP) is 4.29. The van der Waals surface area contributed by atoms with E-state index in [4.69, 9.17) is 11.6 Å². The molecule has 1 saturated heterocycles. The van der Waals surface area contributed by atoms with Gasteiger partial charge in [-0.25, -0.2) is 17.2 Å². The number of nitrogens with zero attached hydrogens (tertiary/aromatic N) is 3. The fourth-order valence-corrected chi connectivity index (χ4v) is 5.98. The lowest BCUT2D eigenvalue weighted by Gasteiger charge is -2.30. The molecule has 0 aliphatic carbocycles. The lowest BCUT2D eigenvalue weighted by Crippen LogP contribution is -2.39. The van der Waals surface area contributed by atoms with Crippen LogP contribution in [0.4, 0.5) is 14.5 Å². The Morgan fingerprint density at radius 3 is 2.66 bits per heavy atom. The van der Waals surface area contributed by atoms with Crippen LogP contribution in [0, 0.1) is 11.6 Å². The Balaban J connectivity index is 1.49. The number of hydrogen-bond donors (Lipinski definition) is 1. The smallest absolute Gasteiger partial charge is 0.286 e. The molecule has 1 aromatic heterocycles. The number of rotatable bonds is 5. The van der Waals surface area contributed by atoms with Crippen LogP contribution in [0.5, 0.6) is 0 Å². The van der Waals surface area contributed by atoms with Gasteiger partial charge in [-0.05, 0) is 55.3 Å². The molecule has 1 N–H and O–H groups in total. The summed E-state index contributed by atoms with van der Waals surface area (Å²) in [5.41, 5.74) is 0.545. The fraction of sp³-hybridized carbons (Fsp3) is 0.250. The molecule has 12 heteroatoms. The first-order valence-electron chi connectivity index (χ1n) is 9.59. The fourth-order valence-electron chi connectivity index (χ4n) is 3.39. The lowest BCUT2D eigenvalue weighted by molar-refractivity contribution is 0.102. The van der Waals surface area contributed by atoms with Gasteiger partial charge in [-0.15, -0.1) is 10.2 Å². The summed E-state index contributed by atoms with van der Waals surface area (Å²) in [5.74, 6) is -2.60. The summed E-state index contributed by atoms with van der Waals surface area (Å²) >= 11 is 6.90. The van der Waals surface area contributed by atoms with E-state index in [0.717, 1.165) is 27.8 Å². The van der Waals surface area contributed by atoms with Crippen LogP contribution in [-0.4, -0.2) is 41.9 Å². The first-order valence-corrected chi connectivity index (χ1v) is 12.2. The Hall–Kier alpha value is -2.47. The van der Waals surface area contributed by atoms with Crippen LogP contribution in [0.25, 0.3) is 0 Å². The van der Waals surface area contributed by atoms with Crippen molar-refractivity contribution in [2.45, 2.75) is 23.7 Å². The third-order valence-corrected chi connectivity index (χ3v) is 8.20. The van der Waals surface area contributed by atoms with E-state index in [1.165, 1.54) is 0 Å². The van der Waals surface area contributed by atoms with Gasteiger partial charge < -0.3 is 5.32 Å². The van der Waals surface area contributed by atoms with E-state index in [-0.39, 0.29) is 24.0 Å². The van der Waals surface area contributed by atoms with Crippen molar-refractivity contribution in [1.82, 2.24) is 14.5 Å². The summed E-state index contributed by atoms with van der Waals surface area (Å²) in [5, 5.41) is 11.9. The van der Waals surface area contributed by atoms with E-state index in [9.17, 15) is 22.0 Å². The highest BCUT2D eigenvalue weighted by atomic mass is 35.5. The Kier molecular flexibility index (Phi) is 6.52. The maximum atomic E-state index is 14.1. The quantitative estimate of drug-likeness (QED) is 0.566. The van der Waals surface area contributed by atoms with Crippen LogP contribution in [0.15, 0.2) is 47.4 Å². The van der Waals surface area contributed by atoms with Gasteiger partial charge in [0.15, 0.2) is 0 Å². The Morgan fingerprint density at radius 1 is 1.16 bits per heavy atom. The molecular weight excluding hydrogens is 482 g/mol. The second-order valence-electron chi connectivity index (χ2n) is 7.18. The van der Waals surface area contributed by atoms with Crippen LogP contribution in [0.1, 0.15) is 33.6 Å². The first-order chi connectivity index (χ1) is 15.2. The molecule has 4 rings (SSSR count). The van der Waals surface area contributed by atoms with Crippen molar-refractivity contribution in [2.24, 2.45) is 0 Å². The van der Waals surface area contributed by atoms with Crippen LogP contribution in [0.3, 0.4) is 0 Å². The van der Waals surface area contributed by atoms with Gasteiger partial charge in [-0.3, -0.25) is 4.79 Å². The molecule has 168 valence electrons. The molecule has 0 bridgehead atoms. The zero-order chi connectivity index (χ0) is 22.9. The highest BCUT2D eigenvalue weighted by molar-refractivity contribution is 7.89. The highest BCUT2D eigenvalue weighted by Crippen LogP contribution is 2.32. The van der Waals surface area contributed by atoms with Gasteiger partial charge in [0, 0.05) is 29.7 Å². The van der Waals surface area contributed by atoms with E-state index in [1.54, 1.807) is 24.3 Å². The number of nitrogens with one attached hydrogen (secondary N) is 1. The summed E-state index contributed by atoms with van der Waals surface area (Å²) in [7, 11) is -4.23. The Morgan fingerprint density at radius 2 is 1.91 bits per heavy atom. The third kappa shape index (κ3) is 4.80. The van der Waals surface area contributed by atoms with E-state index in [0.29, 0.717) is 34.6 Å². The molecule has 1 aliphatic rings. The molecule has 3 aromatic rings. The number of sulfonamides is 1. The Labute approximate surface area is 192 Å². The molecule has 7 nitrogen and oxygen atoms in total. The van der Waals surface area contributed by atoms with Gasteiger partial charge in [-0.1, -0.05) is 22.9 Å². The lowest BCUT2D eigenvalue weighted by atomic mass is 10.0. The molecule has 32 heavy (non-hydrogen) atoms. The molecule has 0 spiro atoms. The minimum Gasteiger partial charge on any atom is -0.320 e. The van der Waals surface area contributed by atoms with Crippen LogP contribution < -0.4 is 5.32 Å². The summed E-state index contributed by atoms with van der Waals surface area (Å²) < 4.78 is 54.5. The van der Waals surface area contributed by atoms with Crippen LogP contribution in [-0.2, 0) is 10.0 Å². The molecule has 1 unspecified atom stereocenters. The molecular formula is C20H17ClF2N4O3S2. The summed E-state index contributed by atoms with van der Waals surface area (Å²) in [6.07, 6.45) is 1.14. The van der Waals surface area contributed by atoms with Crippen molar-refractivity contribution in [2.75, 3.05) is 18.4 Å². The van der Waals surface area contributed by atoms with Gasteiger partial charge in [0.1, 0.15) is 21.5 Å². The predicted molar refractivity (Wildman–Crippen MR) is 116 cm³/mol. The summed E-state index contributed by atoms with van der Waals surface area (Å²) in [4.78, 5) is 11.8. The van der Waals surface area contributed by atoms with Crippen LogP contribution in [0.2, 0.25) is 5.02 Å². The van der Waals surface area contributed by atoms with E-state index in [1.807, 2.05) is 0 Å². The molecule has 1 amide bonds. The van der Waals surface area contributed by atoms with Crippen molar-refractivity contribution < 1.29 is 22.0 Å². The first kappa shape index (κ1) is 22.7. The average molecular weight is 499 g/mol. The number of anilines is 1. The summed E-state index contributed by atoms with van der Waals surface area (Å²) in [6, 6.07) is 8.92. The Bertz CT molecular complexity index is 1250. The zero-order valence-electron chi connectivity index (χ0n) is 16.5. The van der Waals surface area contributed by atoms with Crippen molar-refractivity contribution in [3.63, 3.8) is 0 Å². The van der Waals surface area contributed by atoms with Gasteiger partial charge >= 0.3 is 0 Å². The van der Waals surface area contributed by atoms with Crippen molar-refractivity contribution in [3.05, 3.63) is 69.1 Å². The number of aromatic nitrogens is 2. The van der Waals surface area contributed by atoms with Crippen LogP contribution >= 0.6 is 22.9 Å². The standard InChI is InChI=1S/C20H17ClF2N4O3S2/c21-13-3-6-15(7-4-13)24-18(28)20-26-25-19(31-20)12-2-1-9-27(11-12)32(29,30)17-10-14(22)5-8-16(17)23/h3-8,10,12H,1-2,9,11H2,(H,24,28). The van der Waals surface area contributed by atoms with Crippen molar-refractivity contribution in [1.29, 1.82) is 0 Å². The minimum absolute atomic E-state index is 0.0335. The van der Waals surface area contributed by atoms with E-state index >= 15 is 0 Å². The van der Waals surface area contributed by atoms with Crippen molar-refractivity contribution in [3.8, 4) is 0 Å². The number of carbonyl (C=O) groups is 1. The van der Waals surface area contributed by atoms with Gasteiger partial charge in [-0.2, -0.15) is 4.31 Å². The number of carbonyl (C=O) groups excluding carboxylic acids is 1. The molecule has 1 atom stereocenters. The minimum atomic E-state index is -4.23. The zero-order valence-corrected chi connectivity index (χ0v) is 18.9. The number of hydrogen-bond acceptors (Lipinski definition) is 6. The maximum absolute atomic E-state index is 14.1. The molecule has 1 aliphatic heterocycles. The largest absolute Gasteiger partial charge is 0.320 e. The SMILES string of the molecule is O=C(Nc1ccc(Cl)cc1)c1nnc(C2CCCN(S(=O)(=O)c3cc(F)ccc3F)C2)s1. The summed E-state index contributed by atoms with van der Waals surface area (Å²) in [6.45, 7) is 0.212. The van der Waals surface area contributed by atoms with Gasteiger partial charge in [0.05, 0.1) is 0 Å². The third-order valence-electron chi connectivity index (χ3n) is 4.98.